The Balaban J connectivity index is 1.43. The Labute approximate surface area is 187 Å². The molecule has 0 saturated heterocycles. The highest BCUT2D eigenvalue weighted by Crippen LogP contribution is 2.27. The van der Waals surface area contributed by atoms with E-state index in [1.54, 1.807) is 54.7 Å². The Hall–Kier alpha value is -3.83. The minimum atomic E-state index is -3.52. The monoisotopic (exact) mass is 446 g/mol. The lowest BCUT2D eigenvalue weighted by molar-refractivity contribution is 0.533. The molecule has 0 radical (unpaired) electrons. The normalized spacial score (nSPS) is 17.6. The summed E-state index contributed by atoms with van der Waals surface area (Å²) in [6.45, 7) is 2.01. The van der Waals surface area contributed by atoms with Crippen LogP contribution in [0.15, 0.2) is 83.4 Å². The van der Waals surface area contributed by atoms with Gasteiger partial charge in [0, 0.05) is 11.3 Å². The van der Waals surface area contributed by atoms with Gasteiger partial charge in [0.15, 0.2) is 5.76 Å². The second kappa shape index (κ2) is 9.12. The Morgan fingerprint density at radius 3 is 2.59 bits per heavy atom. The van der Waals surface area contributed by atoms with Crippen molar-refractivity contribution in [1.29, 1.82) is 5.26 Å². The minimum Gasteiger partial charge on any atom is -0.423 e. The number of oxazole rings is 1. The third-order valence-electron chi connectivity index (χ3n) is 5.16. The molecule has 1 aliphatic carbocycles. The summed E-state index contributed by atoms with van der Waals surface area (Å²) < 4.78 is 33.7. The predicted octanol–water partition coefficient (Wildman–Crippen LogP) is 5.08. The molecule has 2 N–H and O–H groups in total. The topological polar surface area (TPSA) is 108 Å². The average Bonchev–Trinajstić information content (AvgIpc) is 3.23. The van der Waals surface area contributed by atoms with E-state index in [0.717, 1.165) is 5.56 Å². The van der Waals surface area contributed by atoms with Gasteiger partial charge in [0.2, 0.25) is 10.0 Å². The molecule has 2 aromatic carbocycles. The summed E-state index contributed by atoms with van der Waals surface area (Å²) in [5, 5.41) is 12.0. The highest BCUT2D eigenvalue weighted by Gasteiger charge is 2.22. The van der Waals surface area contributed by atoms with Gasteiger partial charge in [-0.2, -0.15) is 5.26 Å². The molecule has 8 heteroatoms. The van der Waals surface area contributed by atoms with Crippen LogP contribution in [0.25, 0.3) is 11.3 Å². The predicted molar refractivity (Wildman–Crippen MR) is 125 cm³/mol. The van der Waals surface area contributed by atoms with Gasteiger partial charge in [0.05, 0.1) is 29.3 Å². The standard InChI is InChI=1S/C24H22N4O3S/c1-17-5-2-3-6-20(17)16-32(29,30)28-22-8-4-7-21(13-22)27-24-26-15-23(31-24)19-11-9-18(14-25)10-12-19/h2-13,15,17,20,28H,16H2,1H3,(H,26,27). The summed E-state index contributed by atoms with van der Waals surface area (Å²) in [6, 6.07) is 16.3. The highest BCUT2D eigenvalue weighted by molar-refractivity contribution is 7.92. The van der Waals surface area contributed by atoms with E-state index in [1.165, 1.54) is 0 Å². The van der Waals surface area contributed by atoms with Gasteiger partial charge < -0.3 is 9.73 Å². The Kier molecular flexibility index (Phi) is 6.10. The van der Waals surface area contributed by atoms with E-state index in [9.17, 15) is 8.42 Å². The molecular formula is C24H22N4O3S. The molecule has 2 unspecified atom stereocenters. The first-order valence-electron chi connectivity index (χ1n) is 10.1. The van der Waals surface area contributed by atoms with Gasteiger partial charge in [-0.05, 0) is 54.3 Å². The van der Waals surface area contributed by atoms with Crippen LogP contribution in [0.3, 0.4) is 0 Å². The molecule has 0 fully saturated rings. The molecule has 2 atom stereocenters. The third kappa shape index (κ3) is 5.25. The van der Waals surface area contributed by atoms with Gasteiger partial charge in [-0.25, -0.2) is 13.4 Å². The van der Waals surface area contributed by atoms with Gasteiger partial charge in [-0.15, -0.1) is 0 Å². The number of nitriles is 1. The maximum atomic E-state index is 12.6. The lowest BCUT2D eigenvalue weighted by atomic mass is 9.92. The zero-order chi connectivity index (χ0) is 22.6. The van der Waals surface area contributed by atoms with Crippen molar-refractivity contribution in [3.63, 3.8) is 0 Å². The summed E-state index contributed by atoms with van der Waals surface area (Å²) >= 11 is 0. The van der Waals surface area contributed by atoms with Crippen molar-refractivity contribution in [1.82, 2.24) is 4.98 Å². The number of anilines is 3. The maximum Gasteiger partial charge on any atom is 0.299 e. The molecule has 0 aliphatic heterocycles. The smallest absolute Gasteiger partial charge is 0.299 e. The van der Waals surface area contributed by atoms with Crippen LogP contribution in [0.5, 0.6) is 0 Å². The summed E-state index contributed by atoms with van der Waals surface area (Å²) in [4.78, 5) is 4.22. The average molecular weight is 447 g/mol. The van der Waals surface area contributed by atoms with Crippen molar-refractivity contribution in [3.8, 4) is 17.4 Å². The Bertz CT molecular complexity index is 1300. The van der Waals surface area contributed by atoms with E-state index in [2.05, 4.69) is 21.1 Å². The van der Waals surface area contributed by atoms with Crippen molar-refractivity contribution in [2.24, 2.45) is 11.8 Å². The second-order valence-electron chi connectivity index (χ2n) is 7.60. The molecule has 162 valence electrons. The van der Waals surface area contributed by atoms with Crippen LogP contribution >= 0.6 is 0 Å². The van der Waals surface area contributed by atoms with Crippen molar-refractivity contribution in [3.05, 3.63) is 84.6 Å². The SMILES string of the molecule is CC1C=CC=CC1CS(=O)(=O)Nc1cccc(Nc2ncc(-c3ccc(C#N)cc3)o2)c1. The van der Waals surface area contributed by atoms with Crippen LogP contribution in [0.4, 0.5) is 17.4 Å². The molecule has 0 amide bonds. The molecule has 32 heavy (non-hydrogen) atoms. The van der Waals surface area contributed by atoms with Gasteiger partial charge in [-0.3, -0.25) is 4.72 Å². The Morgan fingerprint density at radius 1 is 1.09 bits per heavy atom. The molecule has 1 aromatic heterocycles. The number of hydrogen-bond donors (Lipinski definition) is 2. The molecule has 1 heterocycles. The molecular weight excluding hydrogens is 424 g/mol. The first-order valence-corrected chi connectivity index (χ1v) is 11.8. The van der Waals surface area contributed by atoms with E-state index in [1.807, 2.05) is 31.2 Å². The summed E-state index contributed by atoms with van der Waals surface area (Å²) in [7, 11) is -3.52. The van der Waals surface area contributed by atoms with Gasteiger partial charge in [-0.1, -0.05) is 37.3 Å². The van der Waals surface area contributed by atoms with Crippen LogP contribution < -0.4 is 10.0 Å². The van der Waals surface area contributed by atoms with Crippen LogP contribution in [0, 0.1) is 23.2 Å². The minimum absolute atomic E-state index is 0.0142. The first kappa shape index (κ1) is 21.4. The molecule has 0 bridgehead atoms. The largest absolute Gasteiger partial charge is 0.423 e. The number of nitrogens with zero attached hydrogens (tertiary/aromatic N) is 2. The maximum absolute atomic E-state index is 12.6. The van der Waals surface area contributed by atoms with Crippen molar-refractivity contribution >= 4 is 27.4 Å². The van der Waals surface area contributed by atoms with Crippen LogP contribution in [-0.2, 0) is 10.0 Å². The van der Waals surface area contributed by atoms with E-state index >= 15 is 0 Å². The van der Waals surface area contributed by atoms with Crippen molar-refractivity contribution < 1.29 is 12.8 Å². The lowest BCUT2D eigenvalue weighted by Gasteiger charge is -2.20. The quantitative estimate of drug-likeness (QED) is 0.524. The second-order valence-corrected chi connectivity index (χ2v) is 9.37. The molecule has 7 nitrogen and oxygen atoms in total. The van der Waals surface area contributed by atoms with Crippen LogP contribution in [-0.4, -0.2) is 19.2 Å². The number of hydrogen-bond acceptors (Lipinski definition) is 6. The molecule has 0 spiro atoms. The van der Waals surface area contributed by atoms with E-state index in [-0.39, 0.29) is 23.6 Å². The van der Waals surface area contributed by atoms with Gasteiger partial charge >= 0.3 is 0 Å². The zero-order valence-electron chi connectivity index (χ0n) is 17.4. The molecule has 3 aromatic rings. The Morgan fingerprint density at radius 2 is 1.84 bits per heavy atom. The van der Waals surface area contributed by atoms with Gasteiger partial charge in [0.1, 0.15) is 0 Å². The fourth-order valence-corrected chi connectivity index (χ4v) is 4.90. The summed E-state index contributed by atoms with van der Waals surface area (Å²) in [6.07, 6.45) is 9.34. The number of nitrogens with one attached hydrogen (secondary N) is 2. The number of rotatable bonds is 7. The van der Waals surface area contributed by atoms with E-state index < -0.39 is 10.0 Å². The fourth-order valence-electron chi connectivity index (χ4n) is 3.40. The van der Waals surface area contributed by atoms with E-state index in [4.69, 9.17) is 9.68 Å². The summed E-state index contributed by atoms with van der Waals surface area (Å²) in [5.74, 6) is 0.671. The van der Waals surface area contributed by atoms with Crippen molar-refractivity contribution in [2.45, 2.75) is 6.92 Å². The molecule has 4 rings (SSSR count). The van der Waals surface area contributed by atoms with Crippen molar-refractivity contribution in [2.75, 3.05) is 15.8 Å². The zero-order valence-corrected chi connectivity index (χ0v) is 18.2. The van der Waals surface area contributed by atoms with Gasteiger partial charge in [0.25, 0.3) is 6.01 Å². The summed E-state index contributed by atoms with van der Waals surface area (Å²) in [5.41, 5.74) is 2.45. The number of aromatic nitrogens is 1. The first-order chi connectivity index (χ1) is 15.4. The fraction of sp³-hybridized carbons (Fsp3) is 0.167. The third-order valence-corrected chi connectivity index (χ3v) is 6.53. The van der Waals surface area contributed by atoms with Crippen LogP contribution in [0.1, 0.15) is 12.5 Å². The van der Waals surface area contributed by atoms with E-state index in [0.29, 0.717) is 22.7 Å². The lowest BCUT2D eigenvalue weighted by Crippen LogP contribution is -2.25. The molecule has 1 aliphatic rings. The number of allylic oxidation sites excluding steroid dienone is 4. The highest BCUT2D eigenvalue weighted by atomic mass is 32.2. The molecule has 0 saturated carbocycles. The number of sulfonamides is 1. The van der Waals surface area contributed by atoms with Crippen LogP contribution in [0.2, 0.25) is 0 Å². The number of benzene rings is 2.